The Morgan fingerprint density at radius 3 is 2.74 bits per heavy atom. The van der Waals surface area contributed by atoms with Gasteiger partial charge in [0.2, 0.25) is 5.91 Å². The van der Waals surface area contributed by atoms with Gasteiger partial charge in [-0.3, -0.25) is 4.79 Å². The second-order valence-electron chi connectivity index (χ2n) is 5.06. The highest BCUT2D eigenvalue weighted by molar-refractivity contribution is 5.77. The standard InChI is InChI=1S/C14H29N3O2/c1-2-19-13-14(18)17-10-6-9-16(11-12-17)8-5-3-4-7-15/h2-13,15H2,1H3. The predicted molar refractivity (Wildman–Crippen MR) is 77.0 cm³/mol. The third-order valence-electron chi connectivity index (χ3n) is 3.55. The van der Waals surface area contributed by atoms with Crippen molar-refractivity contribution in [3.8, 4) is 0 Å². The molecule has 1 rings (SSSR count). The van der Waals surface area contributed by atoms with Crippen molar-refractivity contribution in [2.24, 2.45) is 5.73 Å². The number of carbonyl (C=O) groups excluding carboxylic acids is 1. The average molecular weight is 271 g/mol. The van der Waals surface area contributed by atoms with Crippen LogP contribution in [0.4, 0.5) is 0 Å². The summed E-state index contributed by atoms with van der Waals surface area (Å²) < 4.78 is 5.19. The van der Waals surface area contributed by atoms with Gasteiger partial charge in [-0.2, -0.15) is 0 Å². The number of carbonyl (C=O) groups is 1. The van der Waals surface area contributed by atoms with Gasteiger partial charge >= 0.3 is 0 Å². The number of nitrogens with zero attached hydrogens (tertiary/aromatic N) is 2. The highest BCUT2D eigenvalue weighted by Gasteiger charge is 2.18. The molecule has 0 aromatic rings. The van der Waals surface area contributed by atoms with E-state index in [1.807, 2.05) is 11.8 Å². The smallest absolute Gasteiger partial charge is 0.248 e. The minimum absolute atomic E-state index is 0.131. The first-order valence-corrected chi connectivity index (χ1v) is 7.56. The van der Waals surface area contributed by atoms with E-state index in [0.717, 1.165) is 52.1 Å². The maximum atomic E-state index is 11.9. The van der Waals surface area contributed by atoms with Crippen LogP contribution in [-0.4, -0.2) is 68.2 Å². The highest BCUT2D eigenvalue weighted by atomic mass is 16.5. The summed E-state index contributed by atoms with van der Waals surface area (Å²) in [5.41, 5.74) is 5.49. The molecule has 5 heteroatoms. The molecule has 0 unspecified atom stereocenters. The second-order valence-corrected chi connectivity index (χ2v) is 5.06. The van der Waals surface area contributed by atoms with E-state index in [4.69, 9.17) is 10.5 Å². The van der Waals surface area contributed by atoms with Gasteiger partial charge in [0.15, 0.2) is 0 Å². The topological polar surface area (TPSA) is 58.8 Å². The van der Waals surface area contributed by atoms with E-state index in [1.165, 1.54) is 12.8 Å². The van der Waals surface area contributed by atoms with E-state index in [-0.39, 0.29) is 12.5 Å². The number of rotatable bonds is 8. The Kier molecular flexibility index (Phi) is 8.79. The molecule has 1 aliphatic rings. The van der Waals surface area contributed by atoms with Gasteiger partial charge in [0.25, 0.3) is 0 Å². The molecular weight excluding hydrogens is 242 g/mol. The van der Waals surface area contributed by atoms with Crippen LogP contribution in [0.25, 0.3) is 0 Å². The number of amides is 1. The normalized spacial score (nSPS) is 17.5. The fraction of sp³-hybridized carbons (Fsp3) is 0.929. The Labute approximate surface area is 117 Å². The first-order valence-electron chi connectivity index (χ1n) is 7.56. The van der Waals surface area contributed by atoms with Crippen LogP contribution < -0.4 is 5.73 Å². The third kappa shape index (κ3) is 6.89. The molecule has 0 radical (unpaired) electrons. The van der Waals surface area contributed by atoms with Crippen LogP contribution in [0.15, 0.2) is 0 Å². The number of unbranched alkanes of at least 4 members (excludes halogenated alkanes) is 2. The lowest BCUT2D eigenvalue weighted by Crippen LogP contribution is -2.37. The molecule has 19 heavy (non-hydrogen) atoms. The summed E-state index contributed by atoms with van der Waals surface area (Å²) in [5, 5.41) is 0. The molecule has 112 valence electrons. The number of ether oxygens (including phenoxy) is 1. The van der Waals surface area contributed by atoms with Crippen molar-refractivity contribution in [1.82, 2.24) is 9.80 Å². The van der Waals surface area contributed by atoms with Gasteiger partial charge in [-0.05, 0) is 45.8 Å². The molecule has 2 N–H and O–H groups in total. The van der Waals surface area contributed by atoms with Crippen molar-refractivity contribution < 1.29 is 9.53 Å². The molecule has 0 aromatic carbocycles. The van der Waals surface area contributed by atoms with E-state index < -0.39 is 0 Å². The minimum atomic E-state index is 0.131. The first-order chi connectivity index (χ1) is 9.27. The highest BCUT2D eigenvalue weighted by Crippen LogP contribution is 2.06. The van der Waals surface area contributed by atoms with Crippen LogP contribution in [0.2, 0.25) is 0 Å². The van der Waals surface area contributed by atoms with Gasteiger partial charge < -0.3 is 20.3 Å². The fourth-order valence-electron chi connectivity index (χ4n) is 2.38. The van der Waals surface area contributed by atoms with Crippen LogP contribution >= 0.6 is 0 Å². The zero-order valence-corrected chi connectivity index (χ0v) is 12.3. The van der Waals surface area contributed by atoms with Gasteiger partial charge in [0.1, 0.15) is 6.61 Å². The zero-order chi connectivity index (χ0) is 13.9. The molecule has 0 aromatic heterocycles. The van der Waals surface area contributed by atoms with Crippen LogP contribution in [0.3, 0.4) is 0 Å². The van der Waals surface area contributed by atoms with E-state index >= 15 is 0 Å². The van der Waals surface area contributed by atoms with Crippen LogP contribution in [0.1, 0.15) is 32.6 Å². The first kappa shape index (κ1) is 16.4. The van der Waals surface area contributed by atoms with Crippen LogP contribution in [-0.2, 0) is 9.53 Å². The van der Waals surface area contributed by atoms with Gasteiger partial charge in [0.05, 0.1) is 0 Å². The Bertz CT molecular complexity index is 249. The number of hydrogen-bond donors (Lipinski definition) is 1. The van der Waals surface area contributed by atoms with Crippen LogP contribution in [0, 0.1) is 0 Å². The molecule has 1 heterocycles. The van der Waals surface area contributed by atoms with E-state index in [2.05, 4.69) is 4.90 Å². The molecule has 1 amide bonds. The monoisotopic (exact) mass is 271 g/mol. The summed E-state index contributed by atoms with van der Waals surface area (Å²) in [6, 6.07) is 0. The van der Waals surface area contributed by atoms with Gasteiger partial charge in [-0.15, -0.1) is 0 Å². The Balaban J connectivity index is 2.21. The lowest BCUT2D eigenvalue weighted by molar-refractivity contribution is -0.135. The molecule has 0 saturated carbocycles. The van der Waals surface area contributed by atoms with Crippen molar-refractivity contribution in [3.63, 3.8) is 0 Å². The molecule has 0 spiro atoms. The van der Waals surface area contributed by atoms with Gasteiger partial charge in [0, 0.05) is 26.2 Å². The lowest BCUT2D eigenvalue weighted by atomic mass is 10.2. The van der Waals surface area contributed by atoms with E-state index in [1.54, 1.807) is 0 Å². The van der Waals surface area contributed by atoms with Crippen molar-refractivity contribution >= 4 is 5.91 Å². The maximum Gasteiger partial charge on any atom is 0.248 e. The van der Waals surface area contributed by atoms with E-state index in [0.29, 0.717) is 6.61 Å². The van der Waals surface area contributed by atoms with Crippen molar-refractivity contribution in [2.75, 3.05) is 52.5 Å². The summed E-state index contributed by atoms with van der Waals surface area (Å²) in [4.78, 5) is 16.3. The van der Waals surface area contributed by atoms with E-state index in [9.17, 15) is 4.79 Å². The molecule has 5 nitrogen and oxygen atoms in total. The molecule has 1 fully saturated rings. The largest absolute Gasteiger partial charge is 0.372 e. The Morgan fingerprint density at radius 1 is 1.16 bits per heavy atom. The van der Waals surface area contributed by atoms with Crippen molar-refractivity contribution in [3.05, 3.63) is 0 Å². The lowest BCUT2D eigenvalue weighted by Gasteiger charge is -2.21. The quantitative estimate of drug-likeness (QED) is 0.660. The second kappa shape index (κ2) is 10.2. The summed E-state index contributed by atoms with van der Waals surface area (Å²) in [7, 11) is 0. The molecular formula is C14H29N3O2. The number of hydrogen-bond acceptors (Lipinski definition) is 4. The van der Waals surface area contributed by atoms with Gasteiger partial charge in [-0.1, -0.05) is 6.42 Å². The Hall–Kier alpha value is -0.650. The molecule has 0 aliphatic carbocycles. The minimum Gasteiger partial charge on any atom is -0.372 e. The zero-order valence-electron chi connectivity index (χ0n) is 12.3. The maximum absolute atomic E-state index is 11.9. The number of nitrogens with two attached hydrogens (primary N) is 1. The van der Waals surface area contributed by atoms with Crippen LogP contribution in [0.5, 0.6) is 0 Å². The fourth-order valence-corrected chi connectivity index (χ4v) is 2.38. The van der Waals surface area contributed by atoms with Crippen molar-refractivity contribution in [1.29, 1.82) is 0 Å². The summed E-state index contributed by atoms with van der Waals surface area (Å²) in [6.07, 6.45) is 4.60. The summed E-state index contributed by atoms with van der Waals surface area (Å²) in [6.45, 7) is 8.46. The molecule has 1 aliphatic heterocycles. The summed E-state index contributed by atoms with van der Waals surface area (Å²) in [5.74, 6) is 0.131. The predicted octanol–water partition coefficient (Wildman–Crippen LogP) is 0.686. The van der Waals surface area contributed by atoms with Gasteiger partial charge in [-0.25, -0.2) is 0 Å². The molecule has 0 bridgehead atoms. The summed E-state index contributed by atoms with van der Waals surface area (Å²) >= 11 is 0. The molecule has 1 saturated heterocycles. The molecule has 0 atom stereocenters. The Morgan fingerprint density at radius 2 is 2.00 bits per heavy atom. The third-order valence-corrected chi connectivity index (χ3v) is 3.55. The average Bonchev–Trinajstić information content (AvgIpc) is 2.66. The van der Waals surface area contributed by atoms with Crippen molar-refractivity contribution in [2.45, 2.75) is 32.6 Å². The SMILES string of the molecule is CCOCC(=O)N1CCCN(CCCCCN)CC1.